The first-order valence-electron chi connectivity index (χ1n) is 13.5. The van der Waals surface area contributed by atoms with Crippen LogP contribution < -0.4 is 5.32 Å². The molecular formula is C31H32FN5O4. The van der Waals surface area contributed by atoms with Crippen molar-refractivity contribution in [1.82, 2.24) is 19.7 Å². The van der Waals surface area contributed by atoms with Gasteiger partial charge in [0.25, 0.3) is 11.8 Å². The van der Waals surface area contributed by atoms with Gasteiger partial charge in [-0.15, -0.1) is 0 Å². The molecule has 0 unspecified atom stereocenters. The van der Waals surface area contributed by atoms with E-state index in [9.17, 15) is 18.8 Å². The fourth-order valence-electron chi connectivity index (χ4n) is 5.18. The lowest BCUT2D eigenvalue weighted by atomic mass is 9.89. The van der Waals surface area contributed by atoms with Crippen LogP contribution in [0.4, 0.5) is 10.1 Å². The average Bonchev–Trinajstić information content (AvgIpc) is 3.61. The van der Waals surface area contributed by atoms with Crippen molar-refractivity contribution in [3.8, 4) is 11.3 Å². The molecule has 41 heavy (non-hydrogen) atoms. The lowest BCUT2D eigenvalue weighted by Crippen LogP contribution is -2.38. The van der Waals surface area contributed by atoms with Gasteiger partial charge in [0.1, 0.15) is 11.5 Å². The number of halogens is 1. The van der Waals surface area contributed by atoms with Gasteiger partial charge in [-0.05, 0) is 87.6 Å². The second-order valence-electron chi connectivity index (χ2n) is 11.2. The van der Waals surface area contributed by atoms with E-state index in [1.165, 1.54) is 18.3 Å². The summed E-state index contributed by atoms with van der Waals surface area (Å²) in [6, 6.07) is 14.5. The zero-order valence-corrected chi connectivity index (χ0v) is 23.1. The molecule has 1 saturated heterocycles. The normalized spacial score (nSPS) is 14.2. The number of hydrogen-bond acceptors (Lipinski definition) is 4. The number of anilines is 1. The average molecular weight is 558 g/mol. The van der Waals surface area contributed by atoms with Gasteiger partial charge in [-0.1, -0.05) is 12.1 Å². The number of carboxylic acid groups (broad SMARTS) is 1. The second kappa shape index (κ2) is 11.0. The van der Waals surface area contributed by atoms with E-state index in [0.717, 1.165) is 18.4 Å². The highest BCUT2D eigenvalue weighted by Crippen LogP contribution is 2.31. The Morgan fingerprint density at radius 2 is 1.68 bits per heavy atom. The standard InChI is InChI=1S/C31H32FN5O4/c1-31(2,3)37-27(21-8-10-23(32)11-9-21)25(18-34-37)28(38)35-24-16-26(33-17-24)29(39)36-14-12-20(13-15-36)19-4-6-22(7-5-19)30(40)41/h4-11,16-18,20,33H,12-15H2,1-3H3,(H,35,38)(H,40,41). The van der Waals surface area contributed by atoms with Gasteiger partial charge in [0.15, 0.2) is 0 Å². The first kappa shape index (κ1) is 27.8. The maximum atomic E-state index is 13.6. The molecule has 0 spiro atoms. The molecule has 0 radical (unpaired) electrons. The molecule has 2 aromatic heterocycles. The van der Waals surface area contributed by atoms with Crippen LogP contribution in [0.15, 0.2) is 67.0 Å². The molecule has 2 amide bonds. The van der Waals surface area contributed by atoms with Gasteiger partial charge in [-0.25, -0.2) is 9.18 Å². The van der Waals surface area contributed by atoms with Crippen molar-refractivity contribution >= 4 is 23.5 Å². The first-order valence-corrected chi connectivity index (χ1v) is 13.5. The summed E-state index contributed by atoms with van der Waals surface area (Å²) < 4.78 is 15.3. The van der Waals surface area contributed by atoms with Crippen molar-refractivity contribution < 1.29 is 23.9 Å². The molecule has 2 aromatic carbocycles. The summed E-state index contributed by atoms with van der Waals surface area (Å²) >= 11 is 0. The Labute approximate surface area is 237 Å². The van der Waals surface area contributed by atoms with Crippen LogP contribution >= 0.6 is 0 Å². The third-order valence-electron chi connectivity index (χ3n) is 7.35. The van der Waals surface area contributed by atoms with Crippen molar-refractivity contribution in [2.45, 2.75) is 45.1 Å². The summed E-state index contributed by atoms with van der Waals surface area (Å²) in [5.74, 6) is -1.62. The number of aromatic amines is 1. The smallest absolute Gasteiger partial charge is 0.335 e. The van der Waals surface area contributed by atoms with Gasteiger partial charge in [-0.3, -0.25) is 14.3 Å². The first-order chi connectivity index (χ1) is 19.5. The van der Waals surface area contributed by atoms with Crippen molar-refractivity contribution in [1.29, 1.82) is 0 Å². The number of H-pyrrole nitrogens is 1. The lowest BCUT2D eigenvalue weighted by Gasteiger charge is -2.32. The minimum atomic E-state index is -0.952. The Morgan fingerprint density at radius 3 is 2.29 bits per heavy atom. The fraction of sp³-hybridized carbons (Fsp3) is 0.290. The number of carbonyl (C=O) groups is 3. The number of aromatic nitrogens is 3. The number of nitrogens with one attached hydrogen (secondary N) is 2. The summed E-state index contributed by atoms with van der Waals surface area (Å²) in [7, 11) is 0. The monoisotopic (exact) mass is 557 g/mol. The molecule has 0 atom stereocenters. The molecule has 4 aromatic rings. The zero-order chi connectivity index (χ0) is 29.3. The molecule has 3 heterocycles. The summed E-state index contributed by atoms with van der Waals surface area (Å²) in [6.07, 6.45) is 4.61. The van der Waals surface area contributed by atoms with Crippen LogP contribution in [0.5, 0.6) is 0 Å². The number of amides is 2. The minimum Gasteiger partial charge on any atom is -0.478 e. The number of benzene rings is 2. The molecule has 0 aliphatic carbocycles. The minimum absolute atomic E-state index is 0.155. The van der Waals surface area contributed by atoms with Crippen LogP contribution in [0, 0.1) is 5.82 Å². The van der Waals surface area contributed by atoms with Crippen LogP contribution in [0.3, 0.4) is 0 Å². The van der Waals surface area contributed by atoms with E-state index >= 15 is 0 Å². The largest absolute Gasteiger partial charge is 0.478 e. The van der Waals surface area contributed by atoms with Crippen LogP contribution in [0.1, 0.15) is 76.3 Å². The van der Waals surface area contributed by atoms with Gasteiger partial charge in [-0.2, -0.15) is 5.10 Å². The summed E-state index contributed by atoms with van der Waals surface area (Å²) in [4.78, 5) is 42.4. The number of carboxylic acids is 1. The fourth-order valence-corrected chi connectivity index (χ4v) is 5.18. The van der Waals surface area contributed by atoms with Crippen molar-refractivity contribution in [3.63, 3.8) is 0 Å². The molecule has 212 valence electrons. The van der Waals surface area contributed by atoms with Crippen molar-refractivity contribution in [3.05, 3.63) is 95.2 Å². The third-order valence-corrected chi connectivity index (χ3v) is 7.35. The number of likely N-dealkylation sites (tertiary alicyclic amines) is 1. The van der Waals surface area contributed by atoms with Crippen molar-refractivity contribution in [2.75, 3.05) is 18.4 Å². The molecule has 1 aliphatic rings. The van der Waals surface area contributed by atoms with E-state index in [0.29, 0.717) is 41.3 Å². The van der Waals surface area contributed by atoms with E-state index in [2.05, 4.69) is 15.4 Å². The SMILES string of the molecule is CC(C)(C)n1ncc(C(=O)Nc2c[nH]c(C(=O)N3CCC(c4ccc(C(=O)O)cc4)CC3)c2)c1-c1ccc(F)cc1. The Morgan fingerprint density at radius 1 is 1.02 bits per heavy atom. The van der Waals surface area contributed by atoms with E-state index in [4.69, 9.17) is 5.11 Å². The molecule has 0 bridgehead atoms. The van der Waals surface area contributed by atoms with Gasteiger partial charge in [0, 0.05) is 24.8 Å². The van der Waals surface area contributed by atoms with Crippen LogP contribution in [-0.2, 0) is 5.54 Å². The molecule has 0 saturated carbocycles. The van der Waals surface area contributed by atoms with Crippen LogP contribution in [-0.4, -0.2) is 55.6 Å². The van der Waals surface area contributed by atoms with Gasteiger partial charge in [0.2, 0.25) is 0 Å². The number of carbonyl (C=O) groups excluding carboxylic acids is 2. The van der Waals surface area contributed by atoms with Gasteiger partial charge in [0.05, 0.1) is 34.2 Å². The van der Waals surface area contributed by atoms with Crippen LogP contribution in [0.2, 0.25) is 0 Å². The molecule has 10 heteroatoms. The molecule has 3 N–H and O–H groups in total. The second-order valence-corrected chi connectivity index (χ2v) is 11.2. The van der Waals surface area contributed by atoms with Gasteiger partial charge >= 0.3 is 5.97 Å². The number of nitrogens with zero attached hydrogens (tertiary/aromatic N) is 3. The highest BCUT2D eigenvalue weighted by Gasteiger charge is 2.27. The topological polar surface area (TPSA) is 120 Å². The number of rotatable bonds is 6. The Bertz CT molecular complexity index is 1570. The Hall–Kier alpha value is -4.73. The Kier molecular flexibility index (Phi) is 7.49. The van der Waals surface area contributed by atoms with Crippen LogP contribution in [0.25, 0.3) is 11.3 Å². The quantitative estimate of drug-likeness (QED) is 0.279. The molecule has 5 rings (SSSR count). The van der Waals surface area contributed by atoms with Gasteiger partial charge < -0.3 is 20.3 Å². The molecule has 1 aliphatic heterocycles. The Balaban J connectivity index is 1.26. The van der Waals surface area contributed by atoms with E-state index in [-0.39, 0.29) is 23.2 Å². The third kappa shape index (κ3) is 5.91. The highest BCUT2D eigenvalue weighted by molar-refractivity contribution is 6.08. The van der Waals surface area contributed by atoms with E-state index < -0.39 is 17.4 Å². The summed E-state index contributed by atoms with van der Waals surface area (Å²) in [5, 5.41) is 16.4. The van der Waals surface area contributed by atoms with E-state index in [1.807, 2.05) is 32.9 Å². The highest BCUT2D eigenvalue weighted by atomic mass is 19.1. The lowest BCUT2D eigenvalue weighted by molar-refractivity contribution is 0.0690. The predicted octanol–water partition coefficient (Wildman–Crippen LogP) is 5.74. The molecule has 1 fully saturated rings. The molecular weight excluding hydrogens is 525 g/mol. The van der Waals surface area contributed by atoms with E-state index in [1.54, 1.807) is 46.1 Å². The summed E-state index contributed by atoms with van der Waals surface area (Å²) in [6.45, 7) is 7.04. The summed E-state index contributed by atoms with van der Waals surface area (Å²) in [5.41, 5.74) is 3.28. The number of hydrogen-bond donors (Lipinski definition) is 3. The zero-order valence-electron chi connectivity index (χ0n) is 23.1. The maximum absolute atomic E-state index is 13.6. The maximum Gasteiger partial charge on any atom is 0.335 e. The molecule has 9 nitrogen and oxygen atoms in total. The number of aromatic carboxylic acids is 1. The predicted molar refractivity (Wildman–Crippen MR) is 153 cm³/mol. The number of piperidine rings is 1. The van der Waals surface area contributed by atoms with Crippen molar-refractivity contribution in [2.24, 2.45) is 0 Å².